The first-order chi connectivity index (χ1) is 6.56. The number of unbranched alkanes of at least 4 members (excludes halogenated alkanes) is 3. The first kappa shape index (κ1) is 14.0. The molecule has 0 aromatic carbocycles. The largest absolute Gasteiger partial charge is 0.317 e. The summed E-state index contributed by atoms with van der Waals surface area (Å²) in [7, 11) is 0. The van der Waals surface area contributed by atoms with Gasteiger partial charge in [0.25, 0.3) is 0 Å². The number of hydrogen-bond acceptors (Lipinski definition) is 1. The normalized spacial score (nSPS) is 12.0. The predicted molar refractivity (Wildman–Crippen MR) is 65.7 cm³/mol. The Bertz CT molecular complexity index is 113. The molecule has 0 spiro atoms. The van der Waals surface area contributed by atoms with Gasteiger partial charge in [0.2, 0.25) is 0 Å². The first-order valence-corrected chi connectivity index (χ1v) is 6.27. The van der Waals surface area contributed by atoms with E-state index in [1.165, 1.54) is 51.6 Å². The van der Waals surface area contributed by atoms with E-state index in [0.29, 0.717) is 5.41 Å². The van der Waals surface area contributed by atoms with Gasteiger partial charge in [0.15, 0.2) is 0 Å². The molecule has 0 rings (SSSR count). The minimum Gasteiger partial charge on any atom is -0.317 e. The molecule has 0 unspecified atom stereocenters. The van der Waals surface area contributed by atoms with Crippen molar-refractivity contribution in [1.29, 1.82) is 0 Å². The van der Waals surface area contributed by atoms with E-state index in [2.05, 4.69) is 33.0 Å². The Kier molecular flexibility index (Phi) is 8.26. The molecule has 0 aliphatic heterocycles. The molecule has 0 heterocycles. The van der Waals surface area contributed by atoms with Gasteiger partial charge in [-0.3, -0.25) is 0 Å². The molecule has 0 bridgehead atoms. The van der Waals surface area contributed by atoms with Crippen LogP contribution in [-0.4, -0.2) is 13.1 Å². The molecule has 0 radical (unpaired) electrons. The lowest BCUT2D eigenvalue weighted by Crippen LogP contribution is -2.18. The van der Waals surface area contributed by atoms with Crippen LogP contribution >= 0.6 is 0 Å². The van der Waals surface area contributed by atoms with E-state index in [4.69, 9.17) is 0 Å². The fourth-order valence-corrected chi connectivity index (χ4v) is 1.55. The van der Waals surface area contributed by atoms with Gasteiger partial charge in [0, 0.05) is 0 Å². The number of hydrogen-bond donors (Lipinski definition) is 1. The molecule has 14 heavy (non-hydrogen) atoms. The molecule has 0 aliphatic carbocycles. The van der Waals surface area contributed by atoms with Crippen LogP contribution in [0.15, 0.2) is 0 Å². The second-order valence-corrected chi connectivity index (χ2v) is 5.47. The van der Waals surface area contributed by atoms with Crippen LogP contribution in [0, 0.1) is 5.41 Å². The Morgan fingerprint density at radius 1 is 0.857 bits per heavy atom. The molecular weight excluding hydrogens is 170 g/mol. The minimum absolute atomic E-state index is 0.504. The van der Waals surface area contributed by atoms with Crippen LogP contribution in [-0.2, 0) is 0 Å². The van der Waals surface area contributed by atoms with Gasteiger partial charge in [0.1, 0.15) is 0 Å². The van der Waals surface area contributed by atoms with Crippen LogP contribution in [0.2, 0.25) is 0 Å². The second kappa shape index (κ2) is 8.28. The number of rotatable bonds is 8. The van der Waals surface area contributed by atoms with Crippen molar-refractivity contribution in [3.8, 4) is 0 Å². The van der Waals surface area contributed by atoms with Gasteiger partial charge < -0.3 is 5.32 Å². The minimum atomic E-state index is 0.504. The lowest BCUT2D eigenvalue weighted by atomic mass is 9.91. The summed E-state index contributed by atoms with van der Waals surface area (Å²) in [6, 6.07) is 0. The summed E-state index contributed by atoms with van der Waals surface area (Å²) in [5.74, 6) is 0. The summed E-state index contributed by atoms with van der Waals surface area (Å²) < 4.78 is 0. The van der Waals surface area contributed by atoms with Gasteiger partial charge in [-0.15, -0.1) is 0 Å². The Labute approximate surface area is 90.7 Å². The van der Waals surface area contributed by atoms with Gasteiger partial charge >= 0.3 is 0 Å². The molecule has 86 valence electrons. The molecule has 0 saturated carbocycles. The maximum atomic E-state index is 3.52. The van der Waals surface area contributed by atoms with Crippen molar-refractivity contribution in [3.05, 3.63) is 0 Å². The zero-order chi connectivity index (χ0) is 10.9. The van der Waals surface area contributed by atoms with Crippen LogP contribution in [0.4, 0.5) is 0 Å². The lowest BCUT2D eigenvalue weighted by Gasteiger charge is -2.17. The fraction of sp³-hybridized carbons (Fsp3) is 1.00. The van der Waals surface area contributed by atoms with E-state index >= 15 is 0 Å². The van der Waals surface area contributed by atoms with E-state index in [9.17, 15) is 0 Å². The highest BCUT2D eigenvalue weighted by atomic mass is 14.8. The van der Waals surface area contributed by atoms with Crippen molar-refractivity contribution in [1.82, 2.24) is 5.32 Å². The van der Waals surface area contributed by atoms with Crippen LogP contribution in [0.3, 0.4) is 0 Å². The molecule has 0 fully saturated rings. The van der Waals surface area contributed by atoms with Crippen molar-refractivity contribution in [3.63, 3.8) is 0 Å². The monoisotopic (exact) mass is 199 g/mol. The second-order valence-electron chi connectivity index (χ2n) is 5.47. The third-order valence-electron chi connectivity index (χ3n) is 2.49. The molecule has 1 heteroatoms. The van der Waals surface area contributed by atoms with Gasteiger partial charge in [-0.25, -0.2) is 0 Å². The topological polar surface area (TPSA) is 12.0 Å². The fourth-order valence-electron chi connectivity index (χ4n) is 1.55. The molecule has 1 nitrogen and oxygen atoms in total. The Balaban J connectivity index is 2.99. The molecule has 0 saturated heterocycles. The molecular formula is C13H29N. The van der Waals surface area contributed by atoms with Gasteiger partial charge in [0.05, 0.1) is 0 Å². The van der Waals surface area contributed by atoms with Crippen LogP contribution < -0.4 is 5.32 Å². The third kappa shape index (κ3) is 12.0. The average Bonchev–Trinajstić information content (AvgIpc) is 2.08. The van der Waals surface area contributed by atoms with Crippen molar-refractivity contribution in [2.45, 2.75) is 66.2 Å². The molecule has 0 atom stereocenters. The zero-order valence-corrected chi connectivity index (χ0v) is 10.7. The van der Waals surface area contributed by atoms with Crippen molar-refractivity contribution in [2.75, 3.05) is 13.1 Å². The van der Waals surface area contributed by atoms with Gasteiger partial charge in [-0.05, 0) is 37.8 Å². The first-order valence-electron chi connectivity index (χ1n) is 6.27. The quantitative estimate of drug-likeness (QED) is 0.583. The Morgan fingerprint density at radius 3 is 2.07 bits per heavy atom. The van der Waals surface area contributed by atoms with E-state index in [0.717, 1.165) is 0 Å². The van der Waals surface area contributed by atoms with E-state index in [1.54, 1.807) is 0 Å². The summed E-state index contributed by atoms with van der Waals surface area (Å²) in [5.41, 5.74) is 0.504. The van der Waals surface area contributed by atoms with Crippen LogP contribution in [0.25, 0.3) is 0 Å². The SMILES string of the molecule is CCCCCCNCCCC(C)(C)C. The predicted octanol–water partition coefficient (Wildman–Crippen LogP) is 3.98. The summed E-state index contributed by atoms with van der Waals surface area (Å²) >= 11 is 0. The third-order valence-corrected chi connectivity index (χ3v) is 2.49. The van der Waals surface area contributed by atoms with Crippen molar-refractivity contribution < 1.29 is 0 Å². The number of nitrogens with one attached hydrogen (secondary N) is 1. The average molecular weight is 199 g/mol. The van der Waals surface area contributed by atoms with Gasteiger partial charge in [-0.1, -0.05) is 47.0 Å². The summed E-state index contributed by atoms with van der Waals surface area (Å²) in [6.45, 7) is 11.6. The van der Waals surface area contributed by atoms with E-state index < -0.39 is 0 Å². The van der Waals surface area contributed by atoms with Gasteiger partial charge in [-0.2, -0.15) is 0 Å². The Morgan fingerprint density at radius 2 is 1.50 bits per heavy atom. The highest BCUT2D eigenvalue weighted by Gasteiger charge is 2.08. The zero-order valence-electron chi connectivity index (χ0n) is 10.7. The maximum absolute atomic E-state index is 3.52. The summed E-state index contributed by atoms with van der Waals surface area (Å²) in [6.07, 6.45) is 8.12. The molecule has 1 N–H and O–H groups in total. The summed E-state index contributed by atoms with van der Waals surface area (Å²) in [5, 5.41) is 3.52. The molecule has 0 aromatic heterocycles. The highest BCUT2D eigenvalue weighted by Crippen LogP contribution is 2.19. The highest BCUT2D eigenvalue weighted by molar-refractivity contribution is 4.62. The molecule has 0 aromatic rings. The smallest absolute Gasteiger partial charge is 0.00487 e. The molecule has 0 amide bonds. The molecule has 0 aliphatic rings. The van der Waals surface area contributed by atoms with Crippen molar-refractivity contribution >= 4 is 0 Å². The lowest BCUT2D eigenvalue weighted by molar-refractivity contribution is 0.360. The summed E-state index contributed by atoms with van der Waals surface area (Å²) in [4.78, 5) is 0. The van der Waals surface area contributed by atoms with E-state index in [-0.39, 0.29) is 0 Å². The van der Waals surface area contributed by atoms with Crippen molar-refractivity contribution in [2.24, 2.45) is 5.41 Å². The Hall–Kier alpha value is -0.0400. The maximum Gasteiger partial charge on any atom is -0.00487 e. The van der Waals surface area contributed by atoms with E-state index in [1.807, 2.05) is 0 Å². The van der Waals surface area contributed by atoms with Crippen LogP contribution in [0.1, 0.15) is 66.2 Å². The van der Waals surface area contributed by atoms with Crippen LogP contribution in [0.5, 0.6) is 0 Å². The standard InChI is InChI=1S/C13H29N/c1-5-6-7-8-11-14-12-9-10-13(2,3)4/h14H,5-12H2,1-4H3.